The number of benzene rings is 1. The van der Waals surface area contributed by atoms with E-state index in [0.29, 0.717) is 99.3 Å². The fourth-order valence-corrected chi connectivity index (χ4v) is 9.31. The topological polar surface area (TPSA) is 160 Å². The molecule has 0 aliphatic carbocycles. The Morgan fingerprint density at radius 3 is 1.15 bits per heavy atom. The molecule has 9 nitrogen and oxygen atoms in total. The van der Waals surface area contributed by atoms with Gasteiger partial charge in [0.1, 0.15) is 5.78 Å². The van der Waals surface area contributed by atoms with Crippen LogP contribution in [0, 0.1) is 21.7 Å². The molecule has 2 N–H and O–H groups in total. The molecule has 0 saturated carbocycles. The predicted molar refractivity (Wildman–Crippen MR) is 277 cm³/mol. The van der Waals surface area contributed by atoms with E-state index in [-0.39, 0.29) is 52.6 Å². The first-order valence-corrected chi connectivity index (χ1v) is 25.9. The van der Waals surface area contributed by atoms with Gasteiger partial charge in [-0.15, -0.1) is 0 Å². The van der Waals surface area contributed by atoms with Crippen LogP contribution in [0.2, 0.25) is 0 Å². The highest BCUT2D eigenvalue weighted by Gasteiger charge is 2.37. The van der Waals surface area contributed by atoms with Crippen molar-refractivity contribution in [3.05, 3.63) is 71.8 Å². The molecule has 1 unspecified atom stereocenters. The van der Waals surface area contributed by atoms with Crippen LogP contribution >= 0.6 is 0 Å². The van der Waals surface area contributed by atoms with E-state index in [9.17, 15) is 33.6 Å². The van der Waals surface area contributed by atoms with Crippen molar-refractivity contribution >= 4 is 40.9 Å². The standard InChI is InChI=1S/C59H92O9/c1-44(2)49(60)31-38-58(41-34-52(63)56(7,8)9,35-22-18-14-12-16-20-24-53(64)65)37-30-47-26-28-48(29-27-47)55(68)57(10,11)42-43-59(39-32-50(61)45(3)4,40-33-51(62)46(5)6)36-23-19-15-13-17-21-25-54(66)67/h26-29H,1,3,5,12-25,30-43H2,2,4,6-11H3,(H,64,65)(H,66,67). The SMILES string of the molecule is C=C(C)C(=O)CCC(CCCCCCCCC(=O)O)(CCC(=O)C(C)(C)C)CCc1ccc(C(=O)C(C)(C)CCC(CCCCCCCCC(=O)O)(CCC(=O)C(=C)C)CCC(=O)C(=C)C)cc1. The lowest BCUT2D eigenvalue weighted by Crippen LogP contribution is -2.30. The van der Waals surface area contributed by atoms with Gasteiger partial charge in [-0.25, -0.2) is 0 Å². The second-order valence-electron chi connectivity index (χ2n) is 22.2. The molecule has 0 amide bonds. The number of hydrogen-bond donors (Lipinski definition) is 2. The summed E-state index contributed by atoms with van der Waals surface area (Å²) in [6, 6.07) is 7.89. The van der Waals surface area contributed by atoms with Crippen molar-refractivity contribution in [1.82, 2.24) is 0 Å². The molecule has 1 rings (SSSR count). The number of aliphatic carboxylic acids is 2. The smallest absolute Gasteiger partial charge is 0.303 e. The summed E-state index contributed by atoms with van der Waals surface area (Å²) >= 11 is 0. The zero-order chi connectivity index (χ0) is 51.6. The number of carboxylic acids is 2. The van der Waals surface area contributed by atoms with E-state index in [0.717, 1.165) is 95.5 Å². The van der Waals surface area contributed by atoms with Crippen LogP contribution < -0.4 is 0 Å². The number of Topliss-reactive ketones (excluding diaryl/α,β-unsaturated/α-hetero) is 5. The lowest BCUT2D eigenvalue weighted by atomic mass is 9.67. The van der Waals surface area contributed by atoms with Crippen molar-refractivity contribution < 1.29 is 43.8 Å². The summed E-state index contributed by atoms with van der Waals surface area (Å²) in [4.78, 5) is 88.5. The molecule has 1 atom stereocenters. The number of ketones is 5. The van der Waals surface area contributed by atoms with Gasteiger partial charge < -0.3 is 10.2 Å². The van der Waals surface area contributed by atoms with Gasteiger partial charge in [0.15, 0.2) is 23.1 Å². The normalized spacial score (nSPS) is 12.8. The molecule has 1 aromatic carbocycles. The molecule has 0 aliphatic heterocycles. The third-order valence-corrected chi connectivity index (χ3v) is 14.5. The summed E-state index contributed by atoms with van der Waals surface area (Å²) in [5.74, 6) is -1.24. The Hall–Kier alpha value is -4.27. The molecule has 382 valence electrons. The van der Waals surface area contributed by atoms with Gasteiger partial charge in [-0.2, -0.15) is 0 Å². The summed E-state index contributed by atoms with van der Waals surface area (Å²) in [5, 5.41) is 18.0. The first kappa shape index (κ1) is 61.7. The number of unbranched alkanes of at least 4 members (excludes halogenated alkanes) is 10. The third-order valence-electron chi connectivity index (χ3n) is 14.5. The van der Waals surface area contributed by atoms with Gasteiger partial charge in [0.2, 0.25) is 0 Å². The molecule has 0 aliphatic rings. The number of carboxylic acid groups (broad SMARTS) is 2. The van der Waals surface area contributed by atoms with Crippen LogP contribution in [0.4, 0.5) is 0 Å². The summed E-state index contributed by atoms with van der Waals surface area (Å²) in [7, 11) is 0. The molecule has 68 heavy (non-hydrogen) atoms. The van der Waals surface area contributed by atoms with Gasteiger partial charge in [-0.05, 0) is 131 Å². The van der Waals surface area contributed by atoms with Crippen molar-refractivity contribution in [2.75, 3.05) is 0 Å². The van der Waals surface area contributed by atoms with Crippen molar-refractivity contribution in [2.24, 2.45) is 21.7 Å². The fraction of sp³-hybridized carbons (Fsp3) is 0.678. The second-order valence-corrected chi connectivity index (χ2v) is 22.2. The Bertz CT molecular complexity index is 1810. The highest BCUT2D eigenvalue weighted by molar-refractivity contribution is 6.00. The largest absolute Gasteiger partial charge is 0.481 e. The van der Waals surface area contributed by atoms with E-state index in [1.54, 1.807) is 20.8 Å². The molecule has 0 aromatic heterocycles. The molecule has 0 radical (unpaired) electrons. The van der Waals surface area contributed by atoms with Gasteiger partial charge in [-0.3, -0.25) is 33.6 Å². The van der Waals surface area contributed by atoms with Gasteiger partial charge in [0.05, 0.1) is 0 Å². The maximum atomic E-state index is 14.4. The maximum Gasteiger partial charge on any atom is 0.303 e. The van der Waals surface area contributed by atoms with Crippen LogP contribution in [0.1, 0.15) is 245 Å². The minimum Gasteiger partial charge on any atom is -0.481 e. The Morgan fingerprint density at radius 1 is 0.426 bits per heavy atom. The number of carbonyl (C=O) groups is 7. The van der Waals surface area contributed by atoms with Crippen LogP contribution in [0.5, 0.6) is 0 Å². The minimum absolute atomic E-state index is 0.00664. The van der Waals surface area contributed by atoms with Crippen LogP contribution in [0.15, 0.2) is 60.7 Å². The zero-order valence-electron chi connectivity index (χ0n) is 44.0. The highest BCUT2D eigenvalue weighted by atomic mass is 16.4. The van der Waals surface area contributed by atoms with Crippen LogP contribution in [-0.2, 0) is 35.2 Å². The predicted octanol–water partition coefficient (Wildman–Crippen LogP) is 15.2. The average molecular weight is 945 g/mol. The van der Waals surface area contributed by atoms with Crippen molar-refractivity contribution in [2.45, 2.75) is 235 Å². The highest BCUT2D eigenvalue weighted by Crippen LogP contribution is 2.45. The number of carbonyl (C=O) groups excluding carboxylic acids is 5. The maximum absolute atomic E-state index is 14.4. The van der Waals surface area contributed by atoms with Gasteiger partial charge in [-0.1, -0.05) is 143 Å². The number of aryl methyl sites for hydroxylation is 1. The van der Waals surface area contributed by atoms with Crippen LogP contribution in [0.3, 0.4) is 0 Å². The molecule has 9 heteroatoms. The zero-order valence-corrected chi connectivity index (χ0v) is 44.0. The summed E-state index contributed by atoms with van der Waals surface area (Å²) < 4.78 is 0. The van der Waals surface area contributed by atoms with Crippen molar-refractivity contribution in [3.63, 3.8) is 0 Å². The monoisotopic (exact) mass is 945 g/mol. The van der Waals surface area contributed by atoms with Gasteiger partial charge >= 0.3 is 11.9 Å². The molecule has 0 spiro atoms. The van der Waals surface area contributed by atoms with Crippen LogP contribution in [0.25, 0.3) is 0 Å². The van der Waals surface area contributed by atoms with Gasteiger partial charge in [0, 0.05) is 54.9 Å². The quantitative estimate of drug-likeness (QED) is 0.0370. The van der Waals surface area contributed by atoms with E-state index in [1.807, 2.05) is 58.9 Å². The van der Waals surface area contributed by atoms with Crippen LogP contribution in [-0.4, -0.2) is 51.1 Å². The summed E-state index contributed by atoms with van der Waals surface area (Å²) in [6.45, 7) is 26.7. The molecule has 0 heterocycles. The van der Waals surface area contributed by atoms with Crippen molar-refractivity contribution in [1.29, 1.82) is 0 Å². The van der Waals surface area contributed by atoms with E-state index >= 15 is 0 Å². The van der Waals surface area contributed by atoms with Gasteiger partial charge in [0.25, 0.3) is 0 Å². The lowest BCUT2D eigenvalue weighted by molar-refractivity contribution is -0.138. The summed E-state index contributed by atoms with van der Waals surface area (Å²) in [6.07, 6.45) is 19.7. The Balaban J connectivity index is 3.35. The average Bonchev–Trinajstić information content (AvgIpc) is 3.27. The Kier molecular flexibility index (Phi) is 28.2. The first-order valence-electron chi connectivity index (χ1n) is 25.9. The molecular formula is C59H92O9. The second kappa shape index (κ2) is 31.1. The number of rotatable bonds is 41. The molecule has 1 aromatic rings. The minimum atomic E-state index is -0.772. The van der Waals surface area contributed by atoms with E-state index in [4.69, 9.17) is 10.2 Å². The number of allylic oxidation sites excluding steroid dienone is 3. The van der Waals surface area contributed by atoms with E-state index in [2.05, 4.69) is 19.7 Å². The Morgan fingerprint density at radius 2 is 0.779 bits per heavy atom. The van der Waals surface area contributed by atoms with Crippen molar-refractivity contribution in [3.8, 4) is 0 Å². The molecular weight excluding hydrogens is 853 g/mol. The summed E-state index contributed by atoms with van der Waals surface area (Å²) in [5.41, 5.74) is 1.48. The Labute approximate surface area is 411 Å². The molecule has 0 bridgehead atoms. The molecule has 0 saturated heterocycles. The molecule has 0 fully saturated rings. The fourth-order valence-electron chi connectivity index (χ4n) is 9.31. The third kappa shape index (κ3) is 25.4. The number of hydrogen-bond acceptors (Lipinski definition) is 7. The lowest BCUT2D eigenvalue weighted by Gasteiger charge is -2.37. The van der Waals surface area contributed by atoms with E-state index < -0.39 is 22.8 Å². The van der Waals surface area contributed by atoms with E-state index in [1.165, 1.54) is 0 Å². The first-order chi connectivity index (χ1) is 31.7.